The van der Waals surface area contributed by atoms with Crippen molar-refractivity contribution in [3.05, 3.63) is 182 Å². The SMILES string of the molecule is c1ccc(S(c2ccccc2)(c2ccccc2)n2c3ccccc3c3cc(-n4c5ccccc5c5ccccc54)ccc32)cc1. The molecule has 0 aliphatic rings. The minimum atomic E-state index is -1.95. The van der Waals surface area contributed by atoms with Crippen molar-refractivity contribution in [2.45, 2.75) is 14.7 Å². The van der Waals surface area contributed by atoms with Gasteiger partial charge in [0.1, 0.15) is 0 Å². The van der Waals surface area contributed by atoms with Gasteiger partial charge in [-0.3, -0.25) is 3.97 Å². The first kappa shape index (κ1) is 25.9. The minimum Gasteiger partial charge on any atom is -0.309 e. The number of hydrogen-bond donors (Lipinski definition) is 0. The van der Waals surface area contributed by atoms with Crippen LogP contribution in [-0.4, -0.2) is 8.54 Å². The lowest BCUT2D eigenvalue weighted by Gasteiger charge is -2.44. The van der Waals surface area contributed by atoms with Crippen molar-refractivity contribution < 1.29 is 0 Å². The van der Waals surface area contributed by atoms with Crippen LogP contribution in [0.4, 0.5) is 0 Å². The zero-order valence-corrected chi connectivity index (χ0v) is 25.4. The van der Waals surface area contributed by atoms with Gasteiger partial charge in [-0.15, -0.1) is 0 Å². The number of aromatic nitrogens is 2. The van der Waals surface area contributed by atoms with Gasteiger partial charge in [-0.2, -0.15) is 0 Å². The van der Waals surface area contributed by atoms with Crippen molar-refractivity contribution >= 4 is 53.8 Å². The third-order valence-electron chi connectivity index (χ3n) is 8.98. The summed E-state index contributed by atoms with van der Waals surface area (Å²) in [5, 5.41) is 5.06. The van der Waals surface area contributed by atoms with Crippen LogP contribution in [0.2, 0.25) is 0 Å². The third kappa shape index (κ3) is 3.78. The minimum absolute atomic E-state index is 1.17. The van der Waals surface area contributed by atoms with Crippen LogP contribution in [-0.2, 0) is 0 Å². The predicted molar refractivity (Wildman–Crippen MR) is 191 cm³/mol. The zero-order chi connectivity index (χ0) is 29.8. The van der Waals surface area contributed by atoms with Crippen molar-refractivity contribution in [1.82, 2.24) is 8.54 Å². The van der Waals surface area contributed by atoms with Gasteiger partial charge in [0.05, 0.1) is 22.1 Å². The van der Waals surface area contributed by atoms with E-state index in [2.05, 4.69) is 191 Å². The van der Waals surface area contributed by atoms with Gasteiger partial charge >= 0.3 is 0 Å². The smallest absolute Gasteiger partial charge is 0.0599 e. The van der Waals surface area contributed by atoms with Crippen LogP contribution < -0.4 is 0 Å². The van der Waals surface area contributed by atoms with Crippen molar-refractivity contribution in [3.8, 4) is 5.69 Å². The maximum Gasteiger partial charge on any atom is 0.0599 e. The lowest BCUT2D eigenvalue weighted by atomic mass is 10.1. The van der Waals surface area contributed by atoms with Crippen molar-refractivity contribution in [2.75, 3.05) is 0 Å². The molecule has 0 bridgehead atoms. The fourth-order valence-electron chi connectivity index (χ4n) is 7.14. The fraction of sp³-hybridized carbons (Fsp3) is 0. The average Bonchev–Trinajstić information content (AvgIpc) is 3.63. The number of rotatable bonds is 5. The summed E-state index contributed by atoms with van der Waals surface area (Å²) in [6, 6.07) is 66.7. The highest BCUT2D eigenvalue weighted by Crippen LogP contribution is 2.70. The Labute approximate surface area is 263 Å². The third-order valence-corrected chi connectivity index (χ3v) is 12.8. The first-order chi connectivity index (χ1) is 22.4. The predicted octanol–water partition coefficient (Wildman–Crippen LogP) is 11.6. The van der Waals surface area contributed by atoms with E-state index in [9.17, 15) is 0 Å². The second-order valence-electron chi connectivity index (χ2n) is 11.4. The number of para-hydroxylation sites is 3. The molecule has 7 aromatic carbocycles. The van der Waals surface area contributed by atoms with Crippen molar-refractivity contribution in [3.63, 3.8) is 0 Å². The van der Waals surface area contributed by atoms with E-state index in [0.717, 1.165) is 0 Å². The Bertz CT molecular complexity index is 2320. The Morgan fingerprint density at radius 3 is 1.18 bits per heavy atom. The summed E-state index contributed by atoms with van der Waals surface area (Å²) in [5.74, 6) is 0. The van der Waals surface area contributed by atoms with Gasteiger partial charge in [0.15, 0.2) is 0 Å². The van der Waals surface area contributed by atoms with Gasteiger partial charge in [0.25, 0.3) is 0 Å². The summed E-state index contributed by atoms with van der Waals surface area (Å²) in [6.07, 6.45) is 0. The monoisotopic (exact) mass is 594 g/mol. The molecule has 214 valence electrons. The van der Waals surface area contributed by atoms with Gasteiger partial charge in [0, 0.05) is 41.9 Å². The maximum absolute atomic E-state index is 2.66. The molecule has 0 aliphatic heterocycles. The Morgan fingerprint density at radius 2 is 0.689 bits per heavy atom. The normalized spacial score (nSPS) is 12.4. The standard InChI is InChI=1S/C42H30N2S/c1-4-16-32(17-5-1)45(33-18-6-2-7-19-33,34-20-8-3-9-21-34)44-41-27-15-12-24-37(41)38-30-31(28-29-42(38)44)43-39-25-13-10-22-35(39)36-23-11-14-26-40(36)43/h1-30H. The van der Waals surface area contributed by atoms with Crippen LogP contribution >= 0.6 is 10.2 Å². The molecule has 9 rings (SSSR count). The molecule has 0 fully saturated rings. The van der Waals surface area contributed by atoms with E-state index in [1.54, 1.807) is 0 Å². The number of hydrogen-bond acceptors (Lipinski definition) is 0. The van der Waals surface area contributed by atoms with Crippen LogP contribution in [0.5, 0.6) is 0 Å². The number of nitrogens with zero attached hydrogens (tertiary/aromatic N) is 2. The molecule has 2 nitrogen and oxygen atoms in total. The number of benzene rings is 7. The molecule has 0 spiro atoms. The van der Waals surface area contributed by atoms with Crippen molar-refractivity contribution in [1.29, 1.82) is 0 Å². The van der Waals surface area contributed by atoms with Crippen molar-refractivity contribution in [2.24, 2.45) is 0 Å². The molecule has 2 heterocycles. The van der Waals surface area contributed by atoms with E-state index < -0.39 is 10.2 Å². The van der Waals surface area contributed by atoms with Crippen LogP contribution in [0.25, 0.3) is 49.3 Å². The van der Waals surface area contributed by atoms with Gasteiger partial charge in [-0.05, 0) is 72.8 Å². The van der Waals surface area contributed by atoms with Gasteiger partial charge in [-0.1, -0.05) is 119 Å². The average molecular weight is 595 g/mol. The van der Waals surface area contributed by atoms with E-state index in [4.69, 9.17) is 0 Å². The molecule has 0 saturated carbocycles. The lowest BCUT2D eigenvalue weighted by molar-refractivity contribution is 1.18. The van der Waals surface area contributed by atoms with Gasteiger partial charge in [0.2, 0.25) is 0 Å². The molecule has 0 amide bonds. The Kier molecular flexibility index (Phi) is 5.93. The summed E-state index contributed by atoms with van der Waals surface area (Å²) in [4.78, 5) is 3.91. The molecule has 0 aliphatic carbocycles. The van der Waals surface area contributed by atoms with E-state index >= 15 is 0 Å². The second-order valence-corrected chi connectivity index (χ2v) is 14.3. The summed E-state index contributed by atoms with van der Waals surface area (Å²) < 4.78 is 5.08. The molecule has 0 unspecified atom stereocenters. The molecule has 0 N–H and O–H groups in total. The van der Waals surface area contributed by atoms with Crippen LogP contribution in [0.3, 0.4) is 0 Å². The Balaban J connectivity index is 1.43. The van der Waals surface area contributed by atoms with Crippen LogP contribution in [0.1, 0.15) is 0 Å². The van der Waals surface area contributed by atoms with Crippen LogP contribution in [0.15, 0.2) is 197 Å². The Morgan fingerprint density at radius 1 is 0.311 bits per heavy atom. The molecule has 3 heteroatoms. The largest absolute Gasteiger partial charge is 0.309 e. The zero-order valence-electron chi connectivity index (χ0n) is 24.6. The quantitative estimate of drug-likeness (QED) is 0.188. The van der Waals surface area contributed by atoms with E-state index in [-0.39, 0.29) is 0 Å². The summed E-state index contributed by atoms with van der Waals surface area (Å²) >= 11 is 0. The highest BCUT2D eigenvalue weighted by molar-refractivity contribution is 8.32. The second kappa shape index (κ2) is 10.3. The molecule has 45 heavy (non-hydrogen) atoms. The lowest BCUT2D eigenvalue weighted by Crippen LogP contribution is -2.13. The van der Waals surface area contributed by atoms with Crippen LogP contribution in [0, 0.1) is 0 Å². The van der Waals surface area contributed by atoms with E-state index in [0.29, 0.717) is 0 Å². The highest BCUT2D eigenvalue weighted by atomic mass is 32.3. The van der Waals surface area contributed by atoms with E-state index in [1.165, 1.54) is 64.0 Å². The van der Waals surface area contributed by atoms with E-state index in [1.807, 2.05) is 0 Å². The molecule has 0 saturated heterocycles. The summed E-state index contributed by atoms with van der Waals surface area (Å²) in [6.45, 7) is 0. The summed E-state index contributed by atoms with van der Waals surface area (Å²) in [5.41, 5.74) is 6.08. The molecule has 2 aromatic heterocycles. The first-order valence-corrected chi connectivity index (χ1v) is 17.0. The fourth-order valence-corrected chi connectivity index (χ4v) is 11.1. The van der Waals surface area contributed by atoms with Gasteiger partial charge in [-0.25, -0.2) is 0 Å². The molecular formula is C42H30N2S. The molecular weight excluding hydrogens is 565 g/mol. The number of fused-ring (bicyclic) bond motifs is 6. The molecule has 9 aromatic rings. The Hall–Kier alpha value is -5.51. The molecule has 0 atom stereocenters. The highest BCUT2D eigenvalue weighted by Gasteiger charge is 2.35. The summed E-state index contributed by atoms with van der Waals surface area (Å²) in [7, 11) is -1.95. The van der Waals surface area contributed by atoms with Gasteiger partial charge < -0.3 is 4.57 Å². The molecule has 0 radical (unpaired) electrons. The topological polar surface area (TPSA) is 9.86 Å². The first-order valence-electron chi connectivity index (χ1n) is 15.4. The maximum atomic E-state index is 2.66.